The van der Waals surface area contributed by atoms with E-state index in [1.165, 1.54) is 20.3 Å². The number of anilines is 1. The van der Waals surface area contributed by atoms with Gasteiger partial charge in [0.25, 0.3) is 0 Å². The molecule has 2 nitrogen and oxygen atoms in total. The second kappa shape index (κ2) is 3.21. The van der Waals surface area contributed by atoms with E-state index in [9.17, 15) is 0 Å². The molecule has 0 bridgehead atoms. The van der Waals surface area contributed by atoms with E-state index in [-0.39, 0.29) is 0 Å². The molecular formula is C10H9BrN2S. The highest BCUT2D eigenvalue weighted by Crippen LogP contribution is 2.35. The summed E-state index contributed by atoms with van der Waals surface area (Å²) in [6.07, 6.45) is 3.20. The lowest BCUT2D eigenvalue weighted by atomic mass is 10.2. The summed E-state index contributed by atoms with van der Waals surface area (Å²) in [4.78, 5) is 6.79. The van der Waals surface area contributed by atoms with Crippen LogP contribution < -0.4 is 4.90 Å². The number of fused-ring (bicyclic) bond motifs is 1. The molecule has 0 N–H and O–H groups in total. The smallest absolute Gasteiger partial charge is 0.137 e. The van der Waals surface area contributed by atoms with Crippen molar-refractivity contribution < 1.29 is 0 Å². The van der Waals surface area contributed by atoms with Gasteiger partial charge in [0.1, 0.15) is 5.82 Å². The lowest BCUT2D eigenvalue weighted by molar-refractivity contribution is 0.612. The van der Waals surface area contributed by atoms with Gasteiger partial charge < -0.3 is 4.90 Å². The Balaban J connectivity index is 2.21. The van der Waals surface area contributed by atoms with Crippen molar-refractivity contribution in [1.29, 1.82) is 0 Å². The third-order valence-corrected chi connectivity index (χ3v) is 4.15. The number of halogens is 1. The molecule has 2 aromatic heterocycles. The fourth-order valence-corrected chi connectivity index (χ4v) is 3.23. The molecule has 0 atom stereocenters. The van der Waals surface area contributed by atoms with Crippen LogP contribution in [-0.4, -0.2) is 18.1 Å². The molecule has 0 radical (unpaired) electrons. The van der Waals surface area contributed by atoms with E-state index < -0.39 is 0 Å². The van der Waals surface area contributed by atoms with Crippen molar-refractivity contribution in [2.45, 2.75) is 6.42 Å². The van der Waals surface area contributed by atoms with Gasteiger partial charge in [0.2, 0.25) is 0 Å². The summed E-state index contributed by atoms with van der Waals surface area (Å²) >= 11 is 5.29. The van der Waals surface area contributed by atoms with Crippen LogP contribution >= 0.6 is 27.3 Å². The summed E-state index contributed by atoms with van der Waals surface area (Å²) in [5.41, 5.74) is 0. The number of thiophene rings is 1. The Morgan fingerprint density at radius 3 is 3.00 bits per heavy atom. The van der Waals surface area contributed by atoms with E-state index in [1.807, 2.05) is 6.20 Å². The van der Waals surface area contributed by atoms with Gasteiger partial charge in [-0.05, 0) is 34.5 Å². The van der Waals surface area contributed by atoms with Gasteiger partial charge in [-0.25, -0.2) is 4.98 Å². The van der Waals surface area contributed by atoms with Crippen molar-refractivity contribution in [2.75, 3.05) is 18.0 Å². The van der Waals surface area contributed by atoms with Crippen molar-refractivity contribution in [1.82, 2.24) is 4.98 Å². The van der Waals surface area contributed by atoms with Gasteiger partial charge in [0.05, 0.1) is 3.79 Å². The standard InChI is InChI=1S/C10H9BrN2S/c11-9-6-7-8(14-9)2-3-12-10(7)13-4-1-5-13/h2-3,6H,1,4-5H2. The number of hydrogen-bond donors (Lipinski definition) is 0. The minimum atomic E-state index is 1.15. The van der Waals surface area contributed by atoms with Crippen molar-refractivity contribution in [2.24, 2.45) is 0 Å². The number of rotatable bonds is 1. The number of aromatic nitrogens is 1. The highest BCUT2D eigenvalue weighted by molar-refractivity contribution is 9.11. The molecule has 4 heteroatoms. The summed E-state index contributed by atoms with van der Waals surface area (Å²) in [7, 11) is 0. The van der Waals surface area contributed by atoms with Gasteiger partial charge >= 0.3 is 0 Å². The lowest BCUT2D eigenvalue weighted by Gasteiger charge is -2.32. The number of pyridine rings is 1. The monoisotopic (exact) mass is 268 g/mol. The van der Waals surface area contributed by atoms with Gasteiger partial charge in [-0.15, -0.1) is 11.3 Å². The maximum absolute atomic E-state index is 4.45. The van der Waals surface area contributed by atoms with Crippen LogP contribution in [0.15, 0.2) is 22.1 Å². The molecule has 3 rings (SSSR count). The maximum Gasteiger partial charge on any atom is 0.137 e. The molecule has 72 valence electrons. The van der Waals surface area contributed by atoms with E-state index in [0.29, 0.717) is 0 Å². The first-order valence-corrected chi connectivity index (χ1v) is 6.24. The normalized spacial score (nSPS) is 15.9. The van der Waals surface area contributed by atoms with E-state index in [0.717, 1.165) is 18.9 Å². The molecular weight excluding hydrogens is 260 g/mol. The van der Waals surface area contributed by atoms with Crippen LogP contribution in [0.4, 0.5) is 5.82 Å². The number of hydrogen-bond acceptors (Lipinski definition) is 3. The van der Waals surface area contributed by atoms with Crippen LogP contribution in [0.3, 0.4) is 0 Å². The molecule has 1 aliphatic rings. The number of nitrogens with zero attached hydrogens (tertiary/aromatic N) is 2. The highest BCUT2D eigenvalue weighted by Gasteiger charge is 2.18. The molecule has 0 unspecified atom stereocenters. The minimum Gasteiger partial charge on any atom is -0.356 e. The fourth-order valence-electron chi connectivity index (χ4n) is 1.70. The van der Waals surface area contributed by atoms with Gasteiger partial charge in [-0.1, -0.05) is 0 Å². The first-order chi connectivity index (χ1) is 6.84. The van der Waals surface area contributed by atoms with Crippen LogP contribution in [0.1, 0.15) is 6.42 Å². The first kappa shape index (κ1) is 8.68. The van der Waals surface area contributed by atoms with E-state index in [1.54, 1.807) is 11.3 Å². The molecule has 0 spiro atoms. The molecule has 1 aliphatic heterocycles. The molecule has 3 heterocycles. The third kappa shape index (κ3) is 1.25. The first-order valence-electron chi connectivity index (χ1n) is 4.63. The predicted octanol–water partition coefficient (Wildman–Crippen LogP) is 3.27. The molecule has 2 aromatic rings. The Bertz CT molecular complexity index is 476. The quantitative estimate of drug-likeness (QED) is 0.789. The van der Waals surface area contributed by atoms with Crippen molar-refractivity contribution >= 4 is 43.2 Å². The zero-order valence-corrected chi connectivity index (χ0v) is 9.94. The zero-order chi connectivity index (χ0) is 9.54. The Hall–Kier alpha value is -0.610. The van der Waals surface area contributed by atoms with Crippen LogP contribution in [0.25, 0.3) is 10.1 Å². The molecule has 0 aliphatic carbocycles. The molecule has 0 amide bonds. The SMILES string of the molecule is Brc1cc2c(N3CCC3)nccc2s1. The van der Waals surface area contributed by atoms with Crippen molar-refractivity contribution in [3.63, 3.8) is 0 Å². The van der Waals surface area contributed by atoms with Crippen LogP contribution in [0, 0.1) is 0 Å². The summed E-state index contributed by atoms with van der Waals surface area (Å²) in [5.74, 6) is 1.15. The molecule has 0 aromatic carbocycles. The average Bonchev–Trinajstić information content (AvgIpc) is 2.43. The highest BCUT2D eigenvalue weighted by atomic mass is 79.9. The largest absolute Gasteiger partial charge is 0.356 e. The van der Waals surface area contributed by atoms with Gasteiger partial charge in [0.15, 0.2) is 0 Å². The Labute approximate surface area is 94.7 Å². The van der Waals surface area contributed by atoms with Crippen LogP contribution in [-0.2, 0) is 0 Å². The zero-order valence-electron chi connectivity index (χ0n) is 7.53. The molecule has 0 saturated carbocycles. The molecule has 1 saturated heterocycles. The van der Waals surface area contributed by atoms with E-state index in [4.69, 9.17) is 0 Å². The van der Waals surface area contributed by atoms with Crippen molar-refractivity contribution in [3.8, 4) is 0 Å². The Morgan fingerprint density at radius 1 is 1.43 bits per heavy atom. The Kier molecular flexibility index (Phi) is 1.99. The molecule has 1 fully saturated rings. The Morgan fingerprint density at radius 2 is 2.29 bits per heavy atom. The predicted molar refractivity (Wildman–Crippen MR) is 64.2 cm³/mol. The second-order valence-corrected chi connectivity index (χ2v) is 5.90. The van der Waals surface area contributed by atoms with Gasteiger partial charge in [-0.2, -0.15) is 0 Å². The van der Waals surface area contributed by atoms with Crippen LogP contribution in [0.5, 0.6) is 0 Å². The summed E-state index contributed by atoms with van der Waals surface area (Å²) < 4.78 is 2.50. The van der Waals surface area contributed by atoms with E-state index >= 15 is 0 Å². The van der Waals surface area contributed by atoms with Gasteiger partial charge in [0, 0.05) is 29.4 Å². The summed E-state index contributed by atoms with van der Waals surface area (Å²) in [5, 5.41) is 1.28. The van der Waals surface area contributed by atoms with Crippen LogP contribution in [0.2, 0.25) is 0 Å². The summed E-state index contributed by atoms with van der Waals surface area (Å²) in [6.45, 7) is 2.30. The van der Waals surface area contributed by atoms with Gasteiger partial charge in [-0.3, -0.25) is 0 Å². The minimum absolute atomic E-state index is 1.15. The second-order valence-electron chi connectivity index (χ2n) is 3.44. The fraction of sp³-hybridized carbons (Fsp3) is 0.300. The maximum atomic E-state index is 4.45. The third-order valence-electron chi connectivity index (χ3n) is 2.55. The van der Waals surface area contributed by atoms with Crippen molar-refractivity contribution in [3.05, 3.63) is 22.1 Å². The lowest BCUT2D eigenvalue weighted by Crippen LogP contribution is -2.37. The molecule has 14 heavy (non-hydrogen) atoms. The summed E-state index contributed by atoms with van der Waals surface area (Å²) in [6, 6.07) is 4.24. The topological polar surface area (TPSA) is 16.1 Å². The average molecular weight is 269 g/mol. The van der Waals surface area contributed by atoms with E-state index in [2.05, 4.69) is 37.9 Å².